The number of benzene rings is 1. The summed E-state index contributed by atoms with van der Waals surface area (Å²) in [6.07, 6.45) is 2.77. The number of esters is 3. The number of carbonyl (C=O) groups is 5. The molecule has 2 amide bonds. The first-order valence-corrected chi connectivity index (χ1v) is 14.5. The summed E-state index contributed by atoms with van der Waals surface area (Å²) in [5, 5.41) is 15.2. The van der Waals surface area contributed by atoms with E-state index in [4.69, 9.17) is 14.2 Å². The molecule has 0 radical (unpaired) electrons. The van der Waals surface area contributed by atoms with Crippen LogP contribution in [0.25, 0.3) is 0 Å². The van der Waals surface area contributed by atoms with Crippen molar-refractivity contribution in [1.29, 1.82) is 0 Å². The fourth-order valence-corrected chi connectivity index (χ4v) is 4.65. The molecule has 1 heterocycles. The molecule has 41 heavy (non-hydrogen) atoms. The van der Waals surface area contributed by atoms with Gasteiger partial charge in [0.05, 0.1) is 17.2 Å². The highest BCUT2D eigenvalue weighted by atomic mass is 16.6. The number of cyclic esters (lactones) is 2. The van der Waals surface area contributed by atoms with E-state index < -0.39 is 59.8 Å². The van der Waals surface area contributed by atoms with Crippen LogP contribution in [0.15, 0.2) is 18.2 Å². The largest absolute Gasteiger partial charge is 0.505 e. The van der Waals surface area contributed by atoms with Gasteiger partial charge < -0.3 is 30.0 Å². The molecule has 1 aliphatic rings. The summed E-state index contributed by atoms with van der Waals surface area (Å²) in [6, 6.07) is 2.72. The van der Waals surface area contributed by atoms with Crippen LogP contribution >= 0.6 is 0 Å². The summed E-state index contributed by atoms with van der Waals surface area (Å²) in [5.41, 5.74) is -0.209. The summed E-state index contributed by atoms with van der Waals surface area (Å²) in [5.74, 6) is -3.91. The Morgan fingerprint density at radius 2 is 1.78 bits per heavy atom. The van der Waals surface area contributed by atoms with Crippen molar-refractivity contribution >= 4 is 35.9 Å². The fraction of sp³-hybridized carbons (Fsp3) is 0.633. The standard InChI is InChI=1S/C30H44N2O9/c1-6-8-9-10-12-22-27(41-24(34)16-15-18(3)7-2)20(5)40-30(38)25(19(4)39-29(22)37)32-28(36)21-13-11-14-23(26(21)35)31-17-33/h11,13-14,17-20,22,25,27,35H,6-10,12,15-16H2,1-5H3,(H,31,33)(H,32,36)/t18?,19-,20+,22-,25+,27+/m1/s1. The third-order valence-corrected chi connectivity index (χ3v) is 7.45. The number of ether oxygens (including phenoxy) is 3. The van der Waals surface area contributed by atoms with Crippen LogP contribution in [0, 0.1) is 11.8 Å². The van der Waals surface area contributed by atoms with Crippen LogP contribution in [0.4, 0.5) is 5.69 Å². The predicted molar refractivity (Wildman–Crippen MR) is 151 cm³/mol. The van der Waals surface area contributed by atoms with Gasteiger partial charge in [0.1, 0.15) is 12.2 Å². The third kappa shape index (κ3) is 9.75. The number of unbranched alkanes of at least 4 members (excludes halogenated alkanes) is 3. The van der Waals surface area contributed by atoms with Crippen LogP contribution < -0.4 is 10.6 Å². The van der Waals surface area contributed by atoms with Gasteiger partial charge in [-0.05, 0) is 44.7 Å². The Hall–Kier alpha value is -3.63. The molecule has 0 bridgehead atoms. The number of hydrogen-bond acceptors (Lipinski definition) is 9. The van der Waals surface area contributed by atoms with Crippen LogP contribution in [0.2, 0.25) is 0 Å². The number of rotatable bonds is 14. The highest BCUT2D eigenvalue weighted by Crippen LogP contribution is 2.29. The topological polar surface area (TPSA) is 157 Å². The highest BCUT2D eigenvalue weighted by molar-refractivity contribution is 6.01. The molecule has 6 atom stereocenters. The van der Waals surface area contributed by atoms with Gasteiger partial charge in [-0.15, -0.1) is 0 Å². The van der Waals surface area contributed by atoms with Gasteiger partial charge in [-0.3, -0.25) is 19.2 Å². The maximum Gasteiger partial charge on any atom is 0.332 e. The molecule has 0 aromatic heterocycles. The second kappa shape index (κ2) is 16.6. The van der Waals surface area contributed by atoms with E-state index in [-0.39, 0.29) is 17.7 Å². The second-order valence-corrected chi connectivity index (χ2v) is 10.7. The zero-order valence-electron chi connectivity index (χ0n) is 24.6. The minimum absolute atomic E-state index is 0.00157. The van der Waals surface area contributed by atoms with Crippen molar-refractivity contribution in [3.63, 3.8) is 0 Å². The van der Waals surface area contributed by atoms with E-state index in [0.717, 1.165) is 25.7 Å². The van der Waals surface area contributed by atoms with E-state index >= 15 is 0 Å². The van der Waals surface area contributed by atoms with Crippen molar-refractivity contribution in [2.24, 2.45) is 11.8 Å². The van der Waals surface area contributed by atoms with E-state index in [1.54, 1.807) is 6.92 Å². The Bertz CT molecular complexity index is 1060. The number of phenols is 1. The second-order valence-electron chi connectivity index (χ2n) is 10.7. The lowest BCUT2D eigenvalue weighted by atomic mass is 9.92. The van der Waals surface area contributed by atoms with E-state index in [2.05, 4.69) is 17.6 Å². The average molecular weight is 577 g/mol. The molecule has 3 N–H and O–H groups in total. The molecule has 11 heteroatoms. The van der Waals surface area contributed by atoms with Crippen LogP contribution in [-0.2, 0) is 33.4 Å². The molecular weight excluding hydrogens is 532 g/mol. The van der Waals surface area contributed by atoms with Crippen LogP contribution in [-0.4, -0.2) is 59.7 Å². The van der Waals surface area contributed by atoms with Gasteiger partial charge in [-0.25, -0.2) is 4.79 Å². The van der Waals surface area contributed by atoms with Crippen LogP contribution in [0.1, 0.15) is 96.3 Å². The Labute approximate surface area is 241 Å². The van der Waals surface area contributed by atoms with Gasteiger partial charge in [0.25, 0.3) is 5.91 Å². The average Bonchev–Trinajstić information content (AvgIpc) is 2.96. The lowest BCUT2D eigenvalue weighted by Gasteiger charge is -2.29. The molecule has 2 rings (SSSR count). The number of aromatic hydroxyl groups is 1. The molecule has 1 unspecified atom stereocenters. The molecule has 0 aliphatic carbocycles. The monoisotopic (exact) mass is 576 g/mol. The van der Waals surface area contributed by atoms with Gasteiger partial charge in [0.15, 0.2) is 17.9 Å². The molecular formula is C30H44N2O9. The van der Waals surface area contributed by atoms with Gasteiger partial charge in [0, 0.05) is 6.42 Å². The summed E-state index contributed by atoms with van der Waals surface area (Å²) in [6.45, 7) is 9.14. The summed E-state index contributed by atoms with van der Waals surface area (Å²) in [7, 11) is 0. The Morgan fingerprint density at radius 3 is 2.44 bits per heavy atom. The van der Waals surface area contributed by atoms with Crippen molar-refractivity contribution in [1.82, 2.24) is 5.32 Å². The normalized spacial score (nSPS) is 23.6. The van der Waals surface area contributed by atoms with Gasteiger partial charge in [0.2, 0.25) is 6.41 Å². The fourth-order valence-electron chi connectivity index (χ4n) is 4.65. The maximum atomic E-state index is 13.4. The van der Waals surface area contributed by atoms with Crippen molar-refractivity contribution in [2.75, 3.05) is 5.32 Å². The first kappa shape index (κ1) is 33.6. The SMILES string of the molecule is CCCCCC[C@H]1C(=O)O[C@H](C)[C@H](NC(=O)c2cccc(NC=O)c2O)C(=O)O[C@@H](C)[C@@H]1OC(=O)CCC(C)CC. The van der Waals surface area contributed by atoms with E-state index in [9.17, 15) is 29.1 Å². The summed E-state index contributed by atoms with van der Waals surface area (Å²) < 4.78 is 17.1. The predicted octanol–water partition coefficient (Wildman–Crippen LogP) is 4.26. The molecule has 228 valence electrons. The van der Waals surface area contributed by atoms with Gasteiger partial charge in [-0.2, -0.15) is 0 Å². The van der Waals surface area contributed by atoms with Crippen molar-refractivity contribution in [2.45, 2.75) is 110 Å². The Kier molecular flexibility index (Phi) is 13.6. The van der Waals surface area contributed by atoms with E-state index in [1.165, 1.54) is 25.1 Å². The van der Waals surface area contributed by atoms with Crippen LogP contribution in [0.5, 0.6) is 5.75 Å². The Morgan fingerprint density at radius 1 is 1.07 bits per heavy atom. The maximum absolute atomic E-state index is 13.4. The molecule has 1 aromatic rings. The first-order valence-electron chi connectivity index (χ1n) is 14.5. The zero-order chi connectivity index (χ0) is 30.5. The number of nitrogens with one attached hydrogen (secondary N) is 2. The van der Waals surface area contributed by atoms with Crippen molar-refractivity contribution in [3.8, 4) is 5.75 Å². The number of amides is 2. The number of hydrogen-bond donors (Lipinski definition) is 3. The van der Waals surface area contributed by atoms with E-state index in [1.807, 2.05) is 13.8 Å². The molecule has 0 spiro atoms. The molecule has 1 fully saturated rings. The third-order valence-electron chi connectivity index (χ3n) is 7.45. The minimum Gasteiger partial charge on any atom is -0.505 e. The Balaban J connectivity index is 2.31. The van der Waals surface area contributed by atoms with Crippen molar-refractivity contribution < 1.29 is 43.3 Å². The number of anilines is 1. The highest BCUT2D eigenvalue weighted by Gasteiger charge is 2.43. The number of para-hydroxylation sites is 1. The van der Waals surface area contributed by atoms with Crippen molar-refractivity contribution in [3.05, 3.63) is 23.8 Å². The van der Waals surface area contributed by atoms with E-state index in [0.29, 0.717) is 31.6 Å². The zero-order valence-corrected chi connectivity index (χ0v) is 24.6. The van der Waals surface area contributed by atoms with Crippen LogP contribution in [0.3, 0.4) is 0 Å². The van der Waals surface area contributed by atoms with Gasteiger partial charge >= 0.3 is 17.9 Å². The molecule has 1 aromatic carbocycles. The molecule has 0 saturated carbocycles. The van der Waals surface area contributed by atoms with Gasteiger partial charge in [-0.1, -0.05) is 58.9 Å². The molecule has 1 saturated heterocycles. The lowest BCUT2D eigenvalue weighted by molar-refractivity contribution is -0.175. The minimum atomic E-state index is -1.42. The number of carbonyl (C=O) groups excluding carboxylic acids is 5. The molecule has 11 nitrogen and oxygen atoms in total. The molecule has 1 aliphatic heterocycles. The lowest BCUT2D eigenvalue weighted by Crippen LogP contribution is -2.50. The quantitative estimate of drug-likeness (QED) is 0.0967. The summed E-state index contributed by atoms with van der Waals surface area (Å²) >= 11 is 0. The first-order chi connectivity index (χ1) is 19.5. The summed E-state index contributed by atoms with van der Waals surface area (Å²) in [4.78, 5) is 63.4. The smallest absolute Gasteiger partial charge is 0.332 e. The number of phenolic OH excluding ortho intramolecular Hbond substituents is 1.